The van der Waals surface area contributed by atoms with Gasteiger partial charge < -0.3 is 10.6 Å². The second-order valence-electron chi connectivity index (χ2n) is 4.26. The summed E-state index contributed by atoms with van der Waals surface area (Å²) in [6.45, 7) is 5.30. The molecule has 1 aromatic heterocycles. The smallest absolute Gasteiger partial charge is 0.257 e. The third-order valence-corrected chi connectivity index (χ3v) is 3.02. The van der Waals surface area contributed by atoms with E-state index in [4.69, 9.17) is 5.73 Å². The zero-order valence-corrected chi connectivity index (χ0v) is 9.03. The third-order valence-electron chi connectivity index (χ3n) is 3.02. The number of rotatable bonds is 1. The van der Waals surface area contributed by atoms with Crippen molar-refractivity contribution in [3.05, 3.63) is 17.5 Å². The molecule has 2 atom stereocenters. The van der Waals surface area contributed by atoms with Crippen LogP contribution in [0.15, 0.2) is 6.20 Å². The topological polar surface area (TPSA) is 75.0 Å². The highest BCUT2D eigenvalue weighted by Gasteiger charge is 2.31. The minimum atomic E-state index is 0.0288. The number of nitrogens with one attached hydrogen (secondary N) is 1. The van der Waals surface area contributed by atoms with E-state index in [0.29, 0.717) is 18.0 Å². The van der Waals surface area contributed by atoms with Crippen molar-refractivity contribution in [3.8, 4) is 0 Å². The molecule has 1 saturated heterocycles. The van der Waals surface area contributed by atoms with Crippen LogP contribution in [0.3, 0.4) is 0 Å². The number of hydrogen-bond donors (Lipinski definition) is 2. The lowest BCUT2D eigenvalue weighted by molar-refractivity contribution is 0.0786. The number of carbonyl (C=O) groups is 1. The normalized spacial score (nSPS) is 25.9. The van der Waals surface area contributed by atoms with Crippen LogP contribution >= 0.6 is 0 Å². The average molecular weight is 208 g/mol. The van der Waals surface area contributed by atoms with Gasteiger partial charge >= 0.3 is 0 Å². The highest BCUT2D eigenvalue weighted by atomic mass is 16.2. The van der Waals surface area contributed by atoms with Crippen LogP contribution in [0.25, 0.3) is 0 Å². The summed E-state index contributed by atoms with van der Waals surface area (Å²) in [6.07, 6.45) is 1.58. The van der Waals surface area contributed by atoms with Crippen LogP contribution in [0.4, 0.5) is 0 Å². The van der Waals surface area contributed by atoms with Gasteiger partial charge in [0.25, 0.3) is 5.91 Å². The Morgan fingerprint density at radius 3 is 2.87 bits per heavy atom. The molecule has 2 unspecified atom stereocenters. The Kier molecular flexibility index (Phi) is 2.48. The predicted octanol–water partition coefficient (Wildman–Crippen LogP) is 0.137. The molecule has 0 saturated carbocycles. The van der Waals surface area contributed by atoms with Gasteiger partial charge in [0.05, 0.1) is 11.8 Å². The fraction of sp³-hybridized carbons (Fsp3) is 0.600. The first-order valence-electron chi connectivity index (χ1n) is 5.14. The molecule has 1 fully saturated rings. The van der Waals surface area contributed by atoms with Gasteiger partial charge in [0, 0.05) is 24.8 Å². The molecule has 0 radical (unpaired) electrons. The Morgan fingerprint density at radius 1 is 1.67 bits per heavy atom. The number of H-pyrrole nitrogens is 1. The summed E-state index contributed by atoms with van der Waals surface area (Å²) < 4.78 is 0. The Morgan fingerprint density at radius 2 is 2.40 bits per heavy atom. The van der Waals surface area contributed by atoms with E-state index in [0.717, 1.165) is 12.2 Å². The summed E-state index contributed by atoms with van der Waals surface area (Å²) >= 11 is 0. The minimum Gasteiger partial charge on any atom is -0.337 e. The molecule has 1 amide bonds. The maximum atomic E-state index is 12.0. The van der Waals surface area contributed by atoms with Crippen LogP contribution in [0.2, 0.25) is 0 Å². The van der Waals surface area contributed by atoms with Crippen molar-refractivity contribution < 1.29 is 4.79 Å². The molecule has 0 spiro atoms. The van der Waals surface area contributed by atoms with Crippen LogP contribution in [0.5, 0.6) is 0 Å². The summed E-state index contributed by atoms with van der Waals surface area (Å²) in [6, 6.07) is 0.0983. The van der Waals surface area contributed by atoms with Gasteiger partial charge in [-0.3, -0.25) is 9.89 Å². The largest absolute Gasteiger partial charge is 0.337 e. The van der Waals surface area contributed by atoms with Crippen molar-refractivity contribution >= 4 is 5.91 Å². The van der Waals surface area contributed by atoms with Crippen molar-refractivity contribution in [2.24, 2.45) is 11.7 Å². The van der Waals surface area contributed by atoms with E-state index in [1.54, 1.807) is 11.1 Å². The van der Waals surface area contributed by atoms with Crippen molar-refractivity contribution in [3.63, 3.8) is 0 Å². The van der Waals surface area contributed by atoms with Gasteiger partial charge in [0.15, 0.2) is 0 Å². The monoisotopic (exact) mass is 208 g/mol. The maximum Gasteiger partial charge on any atom is 0.257 e. The molecule has 5 nitrogen and oxygen atoms in total. The average Bonchev–Trinajstić information content (AvgIpc) is 2.74. The number of nitrogens with two attached hydrogens (primary N) is 1. The van der Waals surface area contributed by atoms with Gasteiger partial charge in [0.1, 0.15) is 0 Å². The van der Waals surface area contributed by atoms with Crippen molar-refractivity contribution in [2.45, 2.75) is 19.9 Å². The van der Waals surface area contributed by atoms with E-state index >= 15 is 0 Å². The van der Waals surface area contributed by atoms with Crippen molar-refractivity contribution in [1.29, 1.82) is 0 Å². The number of nitrogens with zero attached hydrogens (tertiary/aromatic N) is 2. The van der Waals surface area contributed by atoms with Gasteiger partial charge in [-0.2, -0.15) is 5.10 Å². The fourth-order valence-electron chi connectivity index (χ4n) is 1.89. The molecule has 1 aliphatic heterocycles. The lowest BCUT2D eigenvalue weighted by Crippen LogP contribution is -2.32. The van der Waals surface area contributed by atoms with Gasteiger partial charge in [-0.25, -0.2) is 0 Å². The van der Waals surface area contributed by atoms with E-state index in [-0.39, 0.29) is 11.9 Å². The lowest BCUT2D eigenvalue weighted by Gasteiger charge is -2.14. The predicted molar refractivity (Wildman–Crippen MR) is 56.4 cm³/mol. The molecule has 2 heterocycles. The molecule has 0 aliphatic carbocycles. The second kappa shape index (κ2) is 3.66. The minimum absolute atomic E-state index is 0.0288. The number of carbonyl (C=O) groups excluding carboxylic acids is 1. The third kappa shape index (κ3) is 1.74. The number of aromatic nitrogens is 2. The van der Waals surface area contributed by atoms with Gasteiger partial charge in [-0.15, -0.1) is 0 Å². The van der Waals surface area contributed by atoms with Gasteiger partial charge in [0.2, 0.25) is 0 Å². The van der Waals surface area contributed by atoms with E-state index in [1.165, 1.54) is 0 Å². The molecule has 15 heavy (non-hydrogen) atoms. The van der Waals surface area contributed by atoms with E-state index < -0.39 is 0 Å². The zero-order chi connectivity index (χ0) is 11.0. The van der Waals surface area contributed by atoms with E-state index in [2.05, 4.69) is 17.1 Å². The SMILES string of the molecule is Cc1[nH]ncc1C(=O)N1CC(C)C(N)C1. The molecule has 3 N–H and O–H groups in total. The first-order chi connectivity index (χ1) is 7.09. The Hall–Kier alpha value is -1.36. The van der Waals surface area contributed by atoms with Crippen LogP contribution in [-0.4, -0.2) is 40.1 Å². The summed E-state index contributed by atoms with van der Waals surface area (Å²) in [4.78, 5) is 13.8. The molecule has 0 bridgehead atoms. The number of amides is 1. The molecule has 2 rings (SSSR count). The first kappa shape index (κ1) is 10.2. The molecule has 82 valence electrons. The molecule has 1 aromatic rings. The first-order valence-corrected chi connectivity index (χ1v) is 5.14. The quantitative estimate of drug-likeness (QED) is 0.689. The van der Waals surface area contributed by atoms with Crippen LogP contribution in [0.1, 0.15) is 23.0 Å². The Balaban J connectivity index is 2.13. The maximum absolute atomic E-state index is 12.0. The summed E-state index contributed by atoms with van der Waals surface area (Å²) in [7, 11) is 0. The van der Waals surface area contributed by atoms with Crippen LogP contribution in [-0.2, 0) is 0 Å². The lowest BCUT2D eigenvalue weighted by atomic mass is 10.1. The summed E-state index contributed by atoms with van der Waals surface area (Å²) in [5.74, 6) is 0.405. The molecule has 5 heteroatoms. The molecule has 0 aromatic carbocycles. The zero-order valence-electron chi connectivity index (χ0n) is 9.03. The van der Waals surface area contributed by atoms with E-state index in [9.17, 15) is 4.79 Å². The highest BCUT2D eigenvalue weighted by molar-refractivity contribution is 5.95. The number of aromatic amines is 1. The highest BCUT2D eigenvalue weighted by Crippen LogP contribution is 2.17. The van der Waals surface area contributed by atoms with Crippen LogP contribution in [0, 0.1) is 12.8 Å². The van der Waals surface area contributed by atoms with Crippen LogP contribution < -0.4 is 5.73 Å². The van der Waals surface area contributed by atoms with Crippen molar-refractivity contribution in [2.75, 3.05) is 13.1 Å². The second-order valence-corrected chi connectivity index (χ2v) is 4.26. The number of likely N-dealkylation sites (tertiary alicyclic amines) is 1. The Labute approximate surface area is 88.6 Å². The van der Waals surface area contributed by atoms with Crippen molar-refractivity contribution in [1.82, 2.24) is 15.1 Å². The molecular formula is C10H16N4O. The standard InChI is InChI=1S/C10H16N4O/c1-6-4-14(5-9(6)11)10(15)8-3-12-13-7(8)2/h3,6,9H,4-5,11H2,1-2H3,(H,12,13). The Bertz CT molecular complexity index is 363. The van der Waals surface area contributed by atoms with E-state index in [1.807, 2.05) is 6.92 Å². The van der Waals surface area contributed by atoms with Gasteiger partial charge in [-0.1, -0.05) is 6.92 Å². The number of aryl methyl sites for hydroxylation is 1. The number of hydrogen-bond acceptors (Lipinski definition) is 3. The summed E-state index contributed by atoms with van der Waals surface area (Å²) in [5.41, 5.74) is 7.34. The molecular weight excluding hydrogens is 192 g/mol. The molecule has 1 aliphatic rings. The van der Waals surface area contributed by atoms with Gasteiger partial charge in [-0.05, 0) is 12.8 Å². The summed E-state index contributed by atoms with van der Waals surface area (Å²) in [5, 5.41) is 6.62. The fourth-order valence-corrected chi connectivity index (χ4v) is 1.89.